The molecule has 3 rings (SSSR count). The van der Waals surface area contributed by atoms with Crippen LogP contribution in [0.25, 0.3) is 0 Å². The van der Waals surface area contributed by atoms with Gasteiger partial charge in [0.1, 0.15) is 12.4 Å². The van der Waals surface area contributed by atoms with Gasteiger partial charge in [0.05, 0.1) is 6.04 Å². The molecule has 0 amide bonds. The fraction of sp³-hybridized carbons (Fsp3) is 0.609. The first-order valence-electron chi connectivity index (χ1n) is 11.1. The number of aromatic nitrogens is 3. The molecule has 2 N–H and O–H groups in total. The van der Waals surface area contributed by atoms with E-state index in [0.717, 1.165) is 49.5 Å². The third-order valence-corrected chi connectivity index (χ3v) is 5.77. The zero-order chi connectivity index (χ0) is 21.5. The maximum absolute atomic E-state index is 4.85. The molecule has 1 atom stereocenters. The summed E-state index contributed by atoms with van der Waals surface area (Å²) < 4.78 is 1.99. The summed E-state index contributed by atoms with van der Waals surface area (Å²) in [5.74, 6) is 3.33. The van der Waals surface area contributed by atoms with Gasteiger partial charge in [0.15, 0.2) is 11.8 Å². The van der Waals surface area contributed by atoms with Crippen LogP contribution in [0.3, 0.4) is 0 Å². The number of nitrogens with one attached hydrogen (secondary N) is 2. The summed E-state index contributed by atoms with van der Waals surface area (Å²) in [6, 6.07) is 11.1. The van der Waals surface area contributed by atoms with Gasteiger partial charge in [-0.1, -0.05) is 44.2 Å². The standard InChI is InChI=1S/C23H37N7/c1-17(2)16-30-13-11-21(12-14-30)26-23(24-15-22-28-27-19(4)29(22)5)25-18(3)20-9-7-6-8-10-20/h6-10,17-18,21H,11-16H2,1-5H3,(H2,24,25,26). The average Bonchev–Trinajstić information content (AvgIpc) is 3.05. The highest BCUT2D eigenvalue weighted by molar-refractivity contribution is 5.80. The molecule has 2 aromatic rings. The van der Waals surface area contributed by atoms with Crippen LogP contribution in [0.15, 0.2) is 35.3 Å². The minimum atomic E-state index is 0.166. The van der Waals surface area contributed by atoms with E-state index < -0.39 is 0 Å². The van der Waals surface area contributed by atoms with E-state index in [4.69, 9.17) is 4.99 Å². The van der Waals surface area contributed by atoms with Crippen molar-refractivity contribution in [1.29, 1.82) is 0 Å². The maximum atomic E-state index is 4.85. The molecule has 0 spiro atoms. The molecule has 0 saturated carbocycles. The number of piperidine rings is 1. The number of aryl methyl sites for hydroxylation is 1. The number of guanidine groups is 1. The van der Waals surface area contributed by atoms with Gasteiger partial charge in [-0.15, -0.1) is 10.2 Å². The van der Waals surface area contributed by atoms with E-state index in [9.17, 15) is 0 Å². The Morgan fingerprint density at radius 2 is 1.83 bits per heavy atom. The van der Waals surface area contributed by atoms with Gasteiger partial charge in [0.2, 0.25) is 0 Å². The second kappa shape index (κ2) is 10.6. The lowest BCUT2D eigenvalue weighted by atomic mass is 10.0. The number of benzene rings is 1. The first kappa shape index (κ1) is 22.3. The molecule has 0 aliphatic carbocycles. The van der Waals surface area contributed by atoms with Crippen molar-refractivity contribution >= 4 is 5.96 Å². The van der Waals surface area contributed by atoms with Crippen LogP contribution < -0.4 is 10.6 Å². The first-order chi connectivity index (χ1) is 14.4. The minimum absolute atomic E-state index is 0.166. The number of hydrogen-bond donors (Lipinski definition) is 2. The summed E-state index contributed by atoms with van der Waals surface area (Å²) in [4.78, 5) is 7.42. The highest BCUT2D eigenvalue weighted by Crippen LogP contribution is 2.14. The van der Waals surface area contributed by atoms with Crippen LogP contribution >= 0.6 is 0 Å². The van der Waals surface area contributed by atoms with Crippen molar-refractivity contribution in [3.63, 3.8) is 0 Å². The van der Waals surface area contributed by atoms with Crippen LogP contribution in [-0.2, 0) is 13.6 Å². The minimum Gasteiger partial charge on any atom is -0.354 e. The third-order valence-electron chi connectivity index (χ3n) is 5.77. The molecule has 1 fully saturated rings. The Bertz CT molecular complexity index is 804. The van der Waals surface area contributed by atoms with E-state index >= 15 is 0 Å². The summed E-state index contributed by atoms with van der Waals surface area (Å²) >= 11 is 0. The molecule has 7 heteroatoms. The van der Waals surface area contributed by atoms with Gasteiger partial charge in [-0.3, -0.25) is 0 Å². The third kappa shape index (κ3) is 6.29. The molecule has 1 saturated heterocycles. The van der Waals surface area contributed by atoms with E-state index in [1.54, 1.807) is 0 Å². The number of likely N-dealkylation sites (tertiary alicyclic amines) is 1. The summed E-state index contributed by atoms with van der Waals surface area (Å²) in [6.07, 6.45) is 2.27. The Balaban J connectivity index is 1.66. The smallest absolute Gasteiger partial charge is 0.192 e. The van der Waals surface area contributed by atoms with Gasteiger partial charge in [-0.05, 0) is 38.2 Å². The van der Waals surface area contributed by atoms with E-state index in [1.807, 2.05) is 24.6 Å². The van der Waals surface area contributed by atoms with Crippen LogP contribution in [0.1, 0.15) is 56.9 Å². The molecule has 1 aromatic heterocycles. The van der Waals surface area contributed by atoms with E-state index in [-0.39, 0.29) is 6.04 Å². The van der Waals surface area contributed by atoms with E-state index in [0.29, 0.717) is 12.6 Å². The molecule has 1 unspecified atom stereocenters. The monoisotopic (exact) mass is 411 g/mol. The molecule has 0 bridgehead atoms. The molecule has 1 aromatic carbocycles. The van der Waals surface area contributed by atoms with Crippen LogP contribution in [0, 0.1) is 12.8 Å². The molecular formula is C23H37N7. The number of hydrogen-bond acceptors (Lipinski definition) is 4. The van der Waals surface area contributed by atoms with Crippen molar-refractivity contribution < 1.29 is 0 Å². The molecular weight excluding hydrogens is 374 g/mol. The van der Waals surface area contributed by atoms with Crippen LogP contribution in [0.2, 0.25) is 0 Å². The molecule has 1 aliphatic rings. The normalized spacial score (nSPS) is 17.3. The number of nitrogens with zero attached hydrogens (tertiary/aromatic N) is 5. The molecule has 1 aliphatic heterocycles. The van der Waals surface area contributed by atoms with Gasteiger partial charge in [-0.2, -0.15) is 0 Å². The van der Waals surface area contributed by atoms with Crippen molar-refractivity contribution in [2.75, 3.05) is 19.6 Å². The lowest BCUT2D eigenvalue weighted by Crippen LogP contribution is -2.49. The highest BCUT2D eigenvalue weighted by atomic mass is 15.3. The summed E-state index contributed by atoms with van der Waals surface area (Å²) in [5, 5.41) is 15.7. The summed E-state index contributed by atoms with van der Waals surface area (Å²) in [5.41, 5.74) is 1.24. The van der Waals surface area contributed by atoms with Crippen molar-refractivity contribution in [3.05, 3.63) is 47.5 Å². The maximum Gasteiger partial charge on any atom is 0.192 e. The van der Waals surface area contributed by atoms with E-state index in [2.05, 4.69) is 70.8 Å². The van der Waals surface area contributed by atoms with Gasteiger partial charge >= 0.3 is 0 Å². The second-order valence-corrected chi connectivity index (χ2v) is 8.78. The second-order valence-electron chi connectivity index (χ2n) is 8.78. The van der Waals surface area contributed by atoms with Crippen molar-refractivity contribution in [3.8, 4) is 0 Å². The van der Waals surface area contributed by atoms with Crippen molar-refractivity contribution in [2.45, 2.75) is 59.2 Å². The van der Waals surface area contributed by atoms with Gasteiger partial charge in [0, 0.05) is 32.7 Å². The largest absolute Gasteiger partial charge is 0.354 e. The lowest BCUT2D eigenvalue weighted by molar-refractivity contribution is 0.186. The molecule has 30 heavy (non-hydrogen) atoms. The van der Waals surface area contributed by atoms with Crippen LogP contribution in [0.4, 0.5) is 0 Å². The molecule has 0 radical (unpaired) electrons. The van der Waals surface area contributed by atoms with Gasteiger partial charge < -0.3 is 20.1 Å². The average molecular weight is 412 g/mol. The quantitative estimate of drug-likeness (QED) is 0.541. The topological polar surface area (TPSA) is 70.4 Å². The molecule has 164 valence electrons. The Hall–Kier alpha value is -2.41. The Labute approximate surface area is 181 Å². The summed E-state index contributed by atoms with van der Waals surface area (Å²) in [7, 11) is 1.98. The van der Waals surface area contributed by atoms with Crippen molar-refractivity contribution in [2.24, 2.45) is 18.0 Å². The van der Waals surface area contributed by atoms with Crippen LogP contribution in [0.5, 0.6) is 0 Å². The SMILES string of the molecule is Cc1nnc(CN=C(NC2CCN(CC(C)C)CC2)NC(C)c2ccccc2)n1C. The zero-order valence-corrected chi connectivity index (χ0v) is 19.1. The Kier molecular flexibility index (Phi) is 7.85. The van der Waals surface area contributed by atoms with Gasteiger partial charge in [0.25, 0.3) is 0 Å². The van der Waals surface area contributed by atoms with Gasteiger partial charge in [-0.25, -0.2) is 4.99 Å². The Morgan fingerprint density at radius 3 is 2.43 bits per heavy atom. The van der Waals surface area contributed by atoms with Crippen LogP contribution in [-0.4, -0.2) is 51.3 Å². The first-order valence-corrected chi connectivity index (χ1v) is 11.1. The Morgan fingerprint density at radius 1 is 1.13 bits per heavy atom. The predicted molar refractivity (Wildman–Crippen MR) is 122 cm³/mol. The number of aliphatic imine (C=N–C) groups is 1. The highest BCUT2D eigenvalue weighted by Gasteiger charge is 2.21. The molecule has 2 heterocycles. The fourth-order valence-electron chi connectivity index (χ4n) is 3.87. The number of rotatable bonds is 7. The predicted octanol–water partition coefficient (Wildman–Crippen LogP) is 3.04. The van der Waals surface area contributed by atoms with Crippen molar-refractivity contribution in [1.82, 2.24) is 30.3 Å². The molecule has 7 nitrogen and oxygen atoms in total. The fourth-order valence-corrected chi connectivity index (χ4v) is 3.87. The van der Waals surface area contributed by atoms with E-state index in [1.165, 1.54) is 12.1 Å². The summed E-state index contributed by atoms with van der Waals surface area (Å²) in [6.45, 7) is 12.7. The lowest BCUT2D eigenvalue weighted by Gasteiger charge is -2.34. The zero-order valence-electron chi connectivity index (χ0n) is 19.1.